The number of thiophene rings is 1. The molecule has 1 fully saturated rings. The SMILES string of the molecule is Cc1ccc(CN2CCC(O)CC2)s1. The molecule has 2 heterocycles. The summed E-state index contributed by atoms with van der Waals surface area (Å²) in [6, 6.07) is 4.39. The molecular formula is C11H17NOS. The highest BCUT2D eigenvalue weighted by Crippen LogP contribution is 2.19. The van der Waals surface area contributed by atoms with Crippen LogP contribution in [-0.2, 0) is 6.54 Å². The van der Waals surface area contributed by atoms with Crippen LogP contribution < -0.4 is 0 Å². The van der Waals surface area contributed by atoms with Crippen molar-refractivity contribution in [2.24, 2.45) is 0 Å². The molecule has 2 rings (SSSR count). The fourth-order valence-corrected chi connectivity index (χ4v) is 2.80. The third-order valence-electron chi connectivity index (χ3n) is 2.73. The maximum atomic E-state index is 9.37. The lowest BCUT2D eigenvalue weighted by atomic mass is 10.1. The Hall–Kier alpha value is -0.380. The van der Waals surface area contributed by atoms with E-state index in [4.69, 9.17) is 0 Å². The van der Waals surface area contributed by atoms with Crippen LogP contribution in [0.5, 0.6) is 0 Å². The Kier molecular flexibility index (Phi) is 3.21. The highest BCUT2D eigenvalue weighted by atomic mass is 32.1. The molecule has 1 saturated heterocycles. The van der Waals surface area contributed by atoms with E-state index >= 15 is 0 Å². The molecule has 1 aromatic heterocycles. The van der Waals surface area contributed by atoms with Crippen LogP contribution in [0.3, 0.4) is 0 Å². The van der Waals surface area contributed by atoms with Crippen molar-refractivity contribution in [3.8, 4) is 0 Å². The van der Waals surface area contributed by atoms with Crippen LogP contribution in [0.25, 0.3) is 0 Å². The molecule has 0 atom stereocenters. The largest absolute Gasteiger partial charge is 0.393 e. The molecule has 0 amide bonds. The summed E-state index contributed by atoms with van der Waals surface area (Å²) in [4.78, 5) is 5.26. The number of likely N-dealkylation sites (tertiary alicyclic amines) is 1. The Morgan fingerprint density at radius 1 is 1.43 bits per heavy atom. The van der Waals surface area contributed by atoms with Crippen molar-refractivity contribution in [3.05, 3.63) is 21.9 Å². The summed E-state index contributed by atoms with van der Waals surface area (Å²) in [6.45, 7) is 5.29. The quantitative estimate of drug-likeness (QED) is 0.809. The fourth-order valence-electron chi connectivity index (χ4n) is 1.87. The van der Waals surface area contributed by atoms with Gasteiger partial charge >= 0.3 is 0 Å². The number of aliphatic hydroxyl groups is 1. The molecule has 0 aromatic carbocycles. The molecule has 0 spiro atoms. The topological polar surface area (TPSA) is 23.5 Å². The van der Waals surface area contributed by atoms with Gasteiger partial charge in [-0.3, -0.25) is 4.90 Å². The first-order chi connectivity index (χ1) is 6.74. The van der Waals surface area contributed by atoms with E-state index in [-0.39, 0.29) is 6.10 Å². The van der Waals surface area contributed by atoms with Gasteiger partial charge in [0.05, 0.1) is 6.10 Å². The van der Waals surface area contributed by atoms with Crippen LogP contribution in [0, 0.1) is 6.92 Å². The first-order valence-electron chi connectivity index (χ1n) is 5.20. The zero-order valence-electron chi connectivity index (χ0n) is 8.57. The Bertz CT molecular complexity index is 289. The van der Waals surface area contributed by atoms with Crippen molar-refractivity contribution >= 4 is 11.3 Å². The van der Waals surface area contributed by atoms with Crippen LogP contribution >= 0.6 is 11.3 Å². The van der Waals surface area contributed by atoms with Gasteiger partial charge in [-0.1, -0.05) is 0 Å². The maximum absolute atomic E-state index is 9.37. The van der Waals surface area contributed by atoms with Crippen LogP contribution in [0.2, 0.25) is 0 Å². The minimum Gasteiger partial charge on any atom is -0.393 e. The van der Waals surface area contributed by atoms with Gasteiger partial charge in [-0.2, -0.15) is 0 Å². The van der Waals surface area contributed by atoms with Crippen molar-refractivity contribution in [3.63, 3.8) is 0 Å². The van der Waals surface area contributed by atoms with E-state index in [1.807, 2.05) is 11.3 Å². The minimum absolute atomic E-state index is 0.0590. The third kappa shape index (κ3) is 2.56. The summed E-state index contributed by atoms with van der Waals surface area (Å²) >= 11 is 1.88. The van der Waals surface area contributed by atoms with Gasteiger partial charge in [-0.15, -0.1) is 11.3 Å². The molecule has 2 nitrogen and oxygen atoms in total. The lowest BCUT2D eigenvalue weighted by Crippen LogP contribution is -2.35. The summed E-state index contributed by atoms with van der Waals surface area (Å²) in [6.07, 6.45) is 1.81. The molecule has 3 heteroatoms. The highest BCUT2D eigenvalue weighted by Gasteiger charge is 2.16. The van der Waals surface area contributed by atoms with E-state index in [0.29, 0.717) is 0 Å². The molecule has 1 aliphatic heterocycles. The predicted molar refractivity (Wildman–Crippen MR) is 59.6 cm³/mol. The molecule has 0 unspecified atom stereocenters. The van der Waals surface area contributed by atoms with Crippen molar-refractivity contribution in [1.82, 2.24) is 4.90 Å². The standard InChI is InChI=1S/C11H17NOS/c1-9-2-3-11(14-9)8-12-6-4-10(13)5-7-12/h2-3,10,13H,4-8H2,1H3. The molecule has 1 aromatic rings. The van der Waals surface area contributed by atoms with Crippen molar-refractivity contribution in [2.75, 3.05) is 13.1 Å². The first kappa shape index (κ1) is 10.1. The zero-order valence-corrected chi connectivity index (χ0v) is 9.39. The van der Waals surface area contributed by atoms with E-state index in [1.54, 1.807) is 0 Å². The number of piperidine rings is 1. The second kappa shape index (κ2) is 4.43. The van der Waals surface area contributed by atoms with Gasteiger partial charge < -0.3 is 5.11 Å². The van der Waals surface area contributed by atoms with E-state index in [0.717, 1.165) is 32.5 Å². The smallest absolute Gasteiger partial charge is 0.0564 e. The average Bonchev–Trinajstić information content (AvgIpc) is 2.56. The molecule has 1 aliphatic rings. The second-order valence-corrected chi connectivity index (χ2v) is 5.39. The number of aryl methyl sites for hydroxylation is 1. The molecule has 0 saturated carbocycles. The van der Waals surface area contributed by atoms with Crippen LogP contribution in [0.1, 0.15) is 22.6 Å². The summed E-state index contributed by atoms with van der Waals surface area (Å²) < 4.78 is 0. The molecule has 0 aliphatic carbocycles. The lowest BCUT2D eigenvalue weighted by molar-refractivity contribution is 0.0797. The lowest BCUT2D eigenvalue weighted by Gasteiger charge is -2.28. The number of rotatable bonds is 2. The van der Waals surface area contributed by atoms with Gasteiger partial charge in [0.2, 0.25) is 0 Å². The van der Waals surface area contributed by atoms with Gasteiger partial charge in [-0.05, 0) is 31.9 Å². The fraction of sp³-hybridized carbons (Fsp3) is 0.636. The second-order valence-electron chi connectivity index (χ2n) is 4.02. The number of hydrogen-bond donors (Lipinski definition) is 1. The Labute approximate surface area is 89.2 Å². The minimum atomic E-state index is -0.0590. The number of nitrogens with zero attached hydrogens (tertiary/aromatic N) is 1. The molecule has 0 bridgehead atoms. The Morgan fingerprint density at radius 2 is 2.14 bits per heavy atom. The molecule has 14 heavy (non-hydrogen) atoms. The van der Waals surface area contributed by atoms with Crippen molar-refractivity contribution in [2.45, 2.75) is 32.4 Å². The Morgan fingerprint density at radius 3 is 2.71 bits per heavy atom. The van der Waals surface area contributed by atoms with Gasteiger partial charge in [0, 0.05) is 29.4 Å². The van der Waals surface area contributed by atoms with Crippen LogP contribution in [0.4, 0.5) is 0 Å². The highest BCUT2D eigenvalue weighted by molar-refractivity contribution is 7.11. The van der Waals surface area contributed by atoms with Crippen molar-refractivity contribution in [1.29, 1.82) is 0 Å². The van der Waals surface area contributed by atoms with Gasteiger partial charge in [0.1, 0.15) is 0 Å². The van der Waals surface area contributed by atoms with E-state index < -0.39 is 0 Å². The molecule has 1 N–H and O–H groups in total. The molecular weight excluding hydrogens is 194 g/mol. The van der Waals surface area contributed by atoms with Gasteiger partial charge in [0.15, 0.2) is 0 Å². The average molecular weight is 211 g/mol. The summed E-state index contributed by atoms with van der Waals surface area (Å²) in [5.41, 5.74) is 0. The van der Waals surface area contributed by atoms with Crippen LogP contribution in [-0.4, -0.2) is 29.2 Å². The van der Waals surface area contributed by atoms with Gasteiger partial charge in [-0.25, -0.2) is 0 Å². The molecule has 78 valence electrons. The zero-order chi connectivity index (χ0) is 9.97. The summed E-state index contributed by atoms with van der Waals surface area (Å²) in [5, 5.41) is 9.37. The normalized spacial score (nSPS) is 20.1. The third-order valence-corrected chi connectivity index (χ3v) is 3.72. The van der Waals surface area contributed by atoms with E-state index in [1.165, 1.54) is 9.75 Å². The van der Waals surface area contributed by atoms with Crippen LogP contribution in [0.15, 0.2) is 12.1 Å². The van der Waals surface area contributed by atoms with E-state index in [9.17, 15) is 5.11 Å². The van der Waals surface area contributed by atoms with Gasteiger partial charge in [0.25, 0.3) is 0 Å². The Balaban J connectivity index is 1.86. The number of hydrogen-bond acceptors (Lipinski definition) is 3. The van der Waals surface area contributed by atoms with Crippen molar-refractivity contribution < 1.29 is 5.11 Å². The summed E-state index contributed by atoms with van der Waals surface area (Å²) in [5.74, 6) is 0. The maximum Gasteiger partial charge on any atom is 0.0564 e. The monoisotopic (exact) mass is 211 g/mol. The summed E-state index contributed by atoms with van der Waals surface area (Å²) in [7, 11) is 0. The molecule has 0 radical (unpaired) electrons. The van der Waals surface area contributed by atoms with E-state index in [2.05, 4.69) is 24.0 Å². The predicted octanol–water partition coefficient (Wildman–Crippen LogP) is 2.01. The number of aliphatic hydroxyl groups excluding tert-OH is 1. The first-order valence-corrected chi connectivity index (χ1v) is 6.01.